The molecule has 1 heterocycles. The standard InChI is InChI=1S/C27H32N4O2S/c1-4-17-31-26(21-11-15-24(16-12-21)33-23-7-5-6-8-23)29-30-27(31)34-18-25(32)28-22-13-9-20(10-14-22)19(2)3/h4,9-16,19,23H,1,5-8,17-18H2,2-3H3,(H,28,32). The molecule has 178 valence electrons. The molecule has 2 aromatic carbocycles. The second-order valence-corrected chi connectivity index (χ2v) is 9.81. The number of anilines is 1. The van der Waals surface area contributed by atoms with Gasteiger partial charge in [-0.25, -0.2) is 0 Å². The number of carbonyl (C=O) groups is 1. The van der Waals surface area contributed by atoms with E-state index < -0.39 is 0 Å². The van der Waals surface area contributed by atoms with Gasteiger partial charge in [-0.15, -0.1) is 16.8 Å². The Hall–Kier alpha value is -3.06. The van der Waals surface area contributed by atoms with Crippen LogP contribution < -0.4 is 10.1 Å². The highest BCUT2D eigenvalue weighted by Gasteiger charge is 2.18. The minimum atomic E-state index is -0.0783. The summed E-state index contributed by atoms with van der Waals surface area (Å²) in [5.41, 5.74) is 2.99. The number of ether oxygens (including phenoxy) is 1. The molecule has 0 spiro atoms. The van der Waals surface area contributed by atoms with Crippen LogP contribution in [0, 0.1) is 0 Å². The number of aromatic nitrogens is 3. The van der Waals surface area contributed by atoms with Crippen molar-refractivity contribution in [3.8, 4) is 17.1 Å². The van der Waals surface area contributed by atoms with E-state index in [4.69, 9.17) is 4.74 Å². The molecule has 0 atom stereocenters. The minimum Gasteiger partial charge on any atom is -0.490 e. The van der Waals surface area contributed by atoms with Crippen molar-refractivity contribution in [1.29, 1.82) is 0 Å². The van der Waals surface area contributed by atoms with Gasteiger partial charge in [0.15, 0.2) is 11.0 Å². The van der Waals surface area contributed by atoms with Crippen molar-refractivity contribution in [2.24, 2.45) is 0 Å². The minimum absolute atomic E-state index is 0.0783. The van der Waals surface area contributed by atoms with Crippen LogP contribution in [0.25, 0.3) is 11.4 Å². The van der Waals surface area contributed by atoms with Gasteiger partial charge >= 0.3 is 0 Å². The average molecular weight is 477 g/mol. The maximum Gasteiger partial charge on any atom is 0.234 e. The van der Waals surface area contributed by atoms with Gasteiger partial charge in [0.05, 0.1) is 11.9 Å². The second-order valence-electron chi connectivity index (χ2n) is 8.87. The molecule has 1 saturated carbocycles. The summed E-state index contributed by atoms with van der Waals surface area (Å²) in [4.78, 5) is 12.5. The van der Waals surface area contributed by atoms with Crippen molar-refractivity contribution >= 4 is 23.4 Å². The number of rotatable bonds is 10. The van der Waals surface area contributed by atoms with E-state index in [-0.39, 0.29) is 11.7 Å². The van der Waals surface area contributed by atoms with E-state index in [0.717, 1.165) is 35.7 Å². The van der Waals surface area contributed by atoms with Gasteiger partial charge in [0, 0.05) is 17.8 Å². The van der Waals surface area contributed by atoms with Crippen molar-refractivity contribution in [2.75, 3.05) is 11.1 Å². The molecule has 4 rings (SSSR count). The van der Waals surface area contributed by atoms with Crippen molar-refractivity contribution in [2.45, 2.75) is 63.3 Å². The summed E-state index contributed by atoms with van der Waals surface area (Å²) in [5.74, 6) is 2.26. The normalized spacial score (nSPS) is 13.9. The van der Waals surface area contributed by atoms with E-state index in [2.05, 4.69) is 35.9 Å². The first-order valence-electron chi connectivity index (χ1n) is 11.9. The Labute approximate surface area is 205 Å². The van der Waals surface area contributed by atoms with Crippen LogP contribution in [-0.4, -0.2) is 32.5 Å². The molecule has 1 fully saturated rings. The van der Waals surface area contributed by atoms with Crippen molar-refractivity contribution in [3.05, 3.63) is 66.7 Å². The Balaban J connectivity index is 1.39. The van der Waals surface area contributed by atoms with Crippen LogP contribution in [0.3, 0.4) is 0 Å². The predicted molar refractivity (Wildman–Crippen MR) is 138 cm³/mol. The molecule has 0 radical (unpaired) electrons. The van der Waals surface area contributed by atoms with Crippen LogP contribution in [-0.2, 0) is 11.3 Å². The Morgan fingerprint density at radius 1 is 1.15 bits per heavy atom. The molecule has 0 aliphatic heterocycles. The second kappa shape index (κ2) is 11.4. The third kappa shape index (κ3) is 6.08. The topological polar surface area (TPSA) is 69.0 Å². The predicted octanol–water partition coefficient (Wildman–Crippen LogP) is 6.31. The fraction of sp³-hybridized carbons (Fsp3) is 0.370. The van der Waals surface area contributed by atoms with E-state index in [0.29, 0.717) is 23.7 Å². The number of allylic oxidation sites excluding steroid dienone is 1. The van der Waals surface area contributed by atoms with Gasteiger partial charge < -0.3 is 10.1 Å². The van der Waals surface area contributed by atoms with Gasteiger partial charge in [0.2, 0.25) is 5.91 Å². The van der Waals surface area contributed by atoms with Gasteiger partial charge in [0.25, 0.3) is 0 Å². The number of carbonyl (C=O) groups excluding carboxylic acids is 1. The zero-order chi connectivity index (χ0) is 23.9. The Bertz CT molecular complexity index is 1100. The molecule has 0 bridgehead atoms. The molecule has 0 saturated heterocycles. The molecule has 1 aliphatic rings. The van der Waals surface area contributed by atoms with Crippen molar-refractivity contribution < 1.29 is 9.53 Å². The molecule has 7 heteroatoms. The number of hydrogen-bond donors (Lipinski definition) is 1. The molecule has 1 aromatic heterocycles. The summed E-state index contributed by atoms with van der Waals surface area (Å²) in [7, 11) is 0. The molecular formula is C27H32N4O2S. The number of amides is 1. The summed E-state index contributed by atoms with van der Waals surface area (Å²) in [5, 5.41) is 12.4. The molecule has 3 aromatic rings. The summed E-state index contributed by atoms with van der Waals surface area (Å²) < 4.78 is 8.05. The van der Waals surface area contributed by atoms with Gasteiger partial charge in [0.1, 0.15) is 5.75 Å². The van der Waals surface area contributed by atoms with E-state index in [1.54, 1.807) is 0 Å². The van der Waals surface area contributed by atoms with Crippen LogP contribution in [0.4, 0.5) is 5.69 Å². The summed E-state index contributed by atoms with van der Waals surface area (Å²) in [6, 6.07) is 16.0. The smallest absolute Gasteiger partial charge is 0.234 e. The largest absolute Gasteiger partial charge is 0.490 e. The summed E-state index contributed by atoms with van der Waals surface area (Å²) in [6.45, 7) is 8.73. The van der Waals surface area contributed by atoms with Crippen molar-refractivity contribution in [1.82, 2.24) is 14.8 Å². The first-order valence-corrected chi connectivity index (χ1v) is 12.9. The lowest BCUT2D eigenvalue weighted by Crippen LogP contribution is -2.14. The van der Waals surface area contributed by atoms with E-state index in [9.17, 15) is 4.79 Å². The van der Waals surface area contributed by atoms with Crippen LogP contribution in [0.15, 0.2) is 66.3 Å². The molecule has 6 nitrogen and oxygen atoms in total. The SMILES string of the molecule is C=CCn1c(SCC(=O)Nc2ccc(C(C)C)cc2)nnc1-c1ccc(OC2CCCC2)cc1. The van der Waals surface area contributed by atoms with Gasteiger partial charge in [-0.05, 0) is 73.6 Å². The maximum atomic E-state index is 12.5. The lowest BCUT2D eigenvalue weighted by atomic mass is 10.0. The highest BCUT2D eigenvalue weighted by atomic mass is 32.2. The maximum absolute atomic E-state index is 12.5. The lowest BCUT2D eigenvalue weighted by molar-refractivity contribution is -0.113. The Morgan fingerprint density at radius 2 is 1.85 bits per heavy atom. The van der Waals surface area contributed by atoms with Gasteiger partial charge in [-0.2, -0.15) is 0 Å². The molecule has 1 aliphatic carbocycles. The number of thioether (sulfide) groups is 1. The van der Waals surface area contributed by atoms with Crippen LogP contribution in [0.1, 0.15) is 51.0 Å². The Morgan fingerprint density at radius 3 is 2.50 bits per heavy atom. The number of nitrogens with one attached hydrogen (secondary N) is 1. The fourth-order valence-corrected chi connectivity index (χ4v) is 4.81. The molecule has 1 N–H and O–H groups in total. The third-order valence-corrected chi connectivity index (χ3v) is 6.91. The molecule has 1 amide bonds. The van der Waals surface area contributed by atoms with E-state index in [1.165, 1.54) is 30.2 Å². The first-order chi connectivity index (χ1) is 16.5. The average Bonchev–Trinajstić information content (AvgIpc) is 3.49. The fourth-order valence-electron chi connectivity index (χ4n) is 4.06. The van der Waals surface area contributed by atoms with Gasteiger partial charge in [-0.1, -0.05) is 43.8 Å². The van der Waals surface area contributed by atoms with E-state index >= 15 is 0 Å². The Kier molecular flexibility index (Phi) is 8.06. The molecule has 34 heavy (non-hydrogen) atoms. The van der Waals surface area contributed by atoms with Crippen LogP contribution in [0.5, 0.6) is 5.75 Å². The number of benzene rings is 2. The molecule has 0 unspecified atom stereocenters. The monoisotopic (exact) mass is 476 g/mol. The number of nitrogens with zero attached hydrogens (tertiary/aromatic N) is 3. The third-order valence-electron chi connectivity index (χ3n) is 5.94. The summed E-state index contributed by atoms with van der Waals surface area (Å²) >= 11 is 1.37. The van der Waals surface area contributed by atoms with Crippen LogP contribution >= 0.6 is 11.8 Å². The quantitative estimate of drug-likeness (QED) is 0.274. The van der Waals surface area contributed by atoms with E-state index in [1.807, 2.05) is 59.2 Å². The highest BCUT2D eigenvalue weighted by molar-refractivity contribution is 7.99. The zero-order valence-electron chi connectivity index (χ0n) is 19.9. The lowest BCUT2D eigenvalue weighted by Gasteiger charge is -2.13. The first kappa shape index (κ1) is 24.1. The van der Waals surface area contributed by atoms with Gasteiger partial charge in [-0.3, -0.25) is 9.36 Å². The van der Waals surface area contributed by atoms with Crippen LogP contribution in [0.2, 0.25) is 0 Å². The summed E-state index contributed by atoms with van der Waals surface area (Å²) in [6.07, 6.45) is 6.90. The zero-order valence-corrected chi connectivity index (χ0v) is 20.7. The van der Waals surface area contributed by atoms with Crippen molar-refractivity contribution in [3.63, 3.8) is 0 Å². The number of hydrogen-bond acceptors (Lipinski definition) is 5. The highest BCUT2D eigenvalue weighted by Crippen LogP contribution is 2.28. The molecular weight excluding hydrogens is 444 g/mol.